The molecule has 0 aliphatic heterocycles. The van der Waals surface area contributed by atoms with Crippen molar-refractivity contribution in [2.75, 3.05) is 7.11 Å². The summed E-state index contributed by atoms with van der Waals surface area (Å²) in [5.41, 5.74) is 0.549. The monoisotopic (exact) mass is 176 g/mol. The van der Waals surface area contributed by atoms with E-state index < -0.39 is 0 Å². The zero-order chi connectivity index (χ0) is 9.68. The fourth-order valence-electron chi connectivity index (χ4n) is 0.894. The fraction of sp³-hybridized carbons (Fsp3) is 0.111. The van der Waals surface area contributed by atoms with Crippen LogP contribution in [0.1, 0.15) is 5.56 Å². The second-order valence-corrected chi connectivity index (χ2v) is 2.29. The van der Waals surface area contributed by atoms with Gasteiger partial charge in [-0.15, -0.1) is 0 Å². The second-order valence-electron chi connectivity index (χ2n) is 2.29. The molecular formula is C9H8N2O2. The number of methoxy groups -OCH3 is 1. The second kappa shape index (κ2) is 4.12. The molecule has 0 fully saturated rings. The first-order valence-corrected chi connectivity index (χ1v) is 3.58. The lowest BCUT2D eigenvalue weighted by molar-refractivity contribution is 0.320. The van der Waals surface area contributed by atoms with E-state index >= 15 is 0 Å². The zero-order valence-electron chi connectivity index (χ0n) is 7.06. The van der Waals surface area contributed by atoms with Gasteiger partial charge < -0.3 is 9.94 Å². The Hall–Kier alpha value is -2.02. The van der Waals surface area contributed by atoms with Crippen LogP contribution in [0.25, 0.3) is 0 Å². The molecule has 1 N–H and O–H groups in total. The summed E-state index contributed by atoms with van der Waals surface area (Å²) in [6.07, 6.45) is 0. The van der Waals surface area contributed by atoms with E-state index in [1.54, 1.807) is 37.4 Å². The number of hydrogen-bond acceptors (Lipinski definition) is 4. The maximum absolute atomic E-state index is 8.53. The van der Waals surface area contributed by atoms with Gasteiger partial charge in [-0.2, -0.15) is 5.26 Å². The minimum absolute atomic E-state index is 0.0114. The third-order valence-corrected chi connectivity index (χ3v) is 1.57. The summed E-state index contributed by atoms with van der Waals surface area (Å²) in [4.78, 5) is 0. The molecule has 0 saturated heterocycles. The number of ether oxygens (including phenoxy) is 1. The first-order valence-electron chi connectivity index (χ1n) is 3.58. The molecule has 0 unspecified atom stereocenters. The Balaban J connectivity index is 3.00. The van der Waals surface area contributed by atoms with E-state index in [0.29, 0.717) is 11.3 Å². The number of hydrogen-bond donors (Lipinski definition) is 1. The summed E-state index contributed by atoms with van der Waals surface area (Å²) >= 11 is 0. The third kappa shape index (κ3) is 1.97. The molecule has 1 rings (SSSR count). The topological polar surface area (TPSA) is 65.6 Å². The number of rotatable bonds is 2. The summed E-state index contributed by atoms with van der Waals surface area (Å²) in [5.74, 6) is 0.693. The normalized spacial score (nSPS) is 10.6. The fourth-order valence-corrected chi connectivity index (χ4v) is 0.894. The molecule has 0 saturated carbocycles. The van der Waals surface area contributed by atoms with Crippen molar-refractivity contribution >= 4 is 5.71 Å². The Labute approximate surface area is 75.7 Å². The first-order chi connectivity index (χ1) is 6.31. The van der Waals surface area contributed by atoms with Gasteiger partial charge in [-0.25, -0.2) is 0 Å². The molecule has 0 aromatic heterocycles. The molecule has 0 bridgehead atoms. The summed E-state index contributed by atoms with van der Waals surface area (Å²) in [6.45, 7) is 0. The third-order valence-electron chi connectivity index (χ3n) is 1.57. The molecule has 4 heteroatoms. The summed E-state index contributed by atoms with van der Waals surface area (Å²) in [6, 6.07) is 8.45. The van der Waals surface area contributed by atoms with Gasteiger partial charge in [-0.05, 0) is 24.3 Å². The van der Waals surface area contributed by atoms with E-state index in [0.717, 1.165) is 0 Å². The standard InChI is InChI=1S/C9H8N2O2/c1-13-8-4-2-7(3-5-8)9(6-10)11-12/h2-5,12H,1H3/b11-9-. The molecule has 0 aliphatic rings. The predicted octanol–water partition coefficient (Wildman–Crippen LogP) is 1.40. The molecule has 0 radical (unpaired) electrons. The quantitative estimate of drug-likeness (QED) is 0.420. The van der Waals surface area contributed by atoms with Gasteiger partial charge in [-0.3, -0.25) is 0 Å². The van der Waals surface area contributed by atoms with Gasteiger partial charge in [0.1, 0.15) is 11.8 Å². The van der Waals surface area contributed by atoms with Gasteiger partial charge in [0, 0.05) is 5.56 Å². The average molecular weight is 176 g/mol. The number of oxime groups is 1. The van der Waals surface area contributed by atoms with Crippen molar-refractivity contribution < 1.29 is 9.94 Å². The minimum atomic E-state index is -0.0114. The predicted molar refractivity (Wildman–Crippen MR) is 46.9 cm³/mol. The molecule has 66 valence electrons. The van der Waals surface area contributed by atoms with Crippen LogP contribution in [0.2, 0.25) is 0 Å². The van der Waals surface area contributed by atoms with E-state index in [-0.39, 0.29) is 5.71 Å². The Morgan fingerprint density at radius 1 is 1.46 bits per heavy atom. The number of benzene rings is 1. The van der Waals surface area contributed by atoms with Crippen molar-refractivity contribution in [3.63, 3.8) is 0 Å². The Morgan fingerprint density at radius 3 is 2.46 bits per heavy atom. The molecule has 0 aliphatic carbocycles. The van der Waals surface area contributed by atoms with Crippen molar-refractivity contribution in [2.24, 2.45) is 5.16 Å². The smallest absolute Gasteiger partial charge is 0.186 e. The van der Waals surface area contributed by atoms with Crippen LogP contribution < -0.4 is 4.74 Å². The maximum Gasteiger partial charge on any atom is 0.186 e. The van der Waals surface area contributed by atoms with Crippen LogP contribution >= 0.6 is 0 Å². The van der Waals surface area contributed by atoms with Gasteiger partial charge in [0.05, 0.1) is 7.11 Å². The molecular weight excluding hydrogens is 168 g/mol. The van der Waals surface area contributed by atoms with E-state index in [2.05, 4.69) is 5.16 Å². The van der Waals surface area contributed by atoms with Crippen LogP contribution in [-0.2, 0) is 0 Å². The molecule has 0 amide bonds. The van der Waals surface area contributed by atoms with Crippen molar-refractivity contribution in [3.8, 4) is 11.8 Å². The van der Waals surface area contributed by atoms with Crippen LogP contribution in [0.3, 0.4) is 0 Å². The van der Waals surface area contributed by atoms with Crippen LogP contribution in [0.5, 0.6) is 5.75 Å². The Kier molecular flexibility index (Phi) is 2.87. The molecule has 1 aromatic rings. The molecule has 13 heavy (non-hydrogen) atoms. The van der Waals surface area contributed by atoms with Crippen molar-refractivity contribution in [3.05, 3.63) is 29.8 Å². The lowest BCUT2D eigenvalue weighted by atomic mass is 10.1. The van der Waals surface area contributed by atoms with Crippen molar-refractivity contribution in [2.45, 2.75) is 0 Å². The van der Waals surface area contributed by atoms with E-state index in [1.807, 2.05) is 0 Å². The van der Waals surface area contributed by atoms with Gasteiger partial charge >= 0.3 is 0 Å². The highest BCUT2D eigenvalue weighted by Crippen LogP contribution is 2.11. The molecule has 4 nitrogen and oxygen atoms in total. The minimum Gasteiger partial charge on any atom is -0.497 e. The van der Waals surface area contributed by atoms with Gasteiger partial charge in [0.15, 0.2) is 5.71 Å². The summed E-state index contributed by atoms with van der Waals surface area (Å²) < 4.78 is 4.93. The highest BCUT2D eigenvalue weighted by atomic mass is 16.5. The van der Waals surface area contributed by atoms with Crippen LogP contribution in [0.15, 0.2) is 29.4 Å². The molecule has 0 heterocycles. The lowest BCUT2D eigenvalue weighted by Gasteiger charge is -1.99. The Morgan fingerprint density at radius 2 is 2.08 bits per heavy atom. The van der Waals surface area contributed by atoms with Gasteiger partial charge in [0.25, 0.3) is 0 Å². The Bertz CT molecular complexity index is 349. The van der Waals surface area contributed by atoms with Crippen molar-refractivity contribution in [1.82, 2.24) is 0 Å². The summed E-state index contributed by atoms with van der Waals surface area (Å²) in [7, 11) is 1.56. The SMILES string of the molecule is COc1ccc(/C(C#N)=N\O)cc1. The molecule has 0 spiro atoms. The maximum atomic E-state index is 8.53. The summed E-state index contributed by atoms with van der Waals surface area (Å²) in [5, 5.41) is 19.8. The highest BCUT2D eigenvalue weighted by Gasteiger charge is 2.01. The lowest BCUT2D eigenvalue weighted by Crippen LogP contribution is -1.96. The van der Waals surface area contributed by atoms with Gasteiger partial charge in [-0.1, -0.05) is 5.16 Å². The van der Waals surface area contributed by atoms with Crippen LogP contribution in [0.4, 0.5) is 0 Å². The largest absolute Gasteiger partial charge is 0.497 e. The van der Waals surface area contributed by atoms with E-state index in [1.165, 1.54) is 0 Å². The van der Waals surface area contributed by atoms with E-state index in [4.69, 9.17) is 15.2 Å². The average Bonchev–Trinajstić information content (AvgIpc) is 2.21. The van der Waals surface area contributed by atoms with Crippen LogP contribution in [0, 0.1) is 11.3 Å². The molecule has 0 atom stereocenters. The first kappa shape index (κ1) is 9.07. The van der Waals surface area contributed by atoms with Crippen molar-refractivity contribution in [1.29, 1.82) is 5.26 Å². The highest BCUT2D eigenvalue weighted by molar-refractivity contribution is 6.11. The number of nitriles is 1. The number of nitrogens with zero attached hydrogens (tertiary/aromatic N) is 2. The molecule has 1 aromatic carbocycles. The van der Waals surface area contributed by atoms with Gasteiger partial charge in [0.2, 0.25) is 0 Å². The van der Waals surface area contributed by atoms with E-state index in [9.17, 15) is 0 Å². The van der Waals surface area contributed by atoms with Crippen LogP contribution in [-0.4, -0.2) is 18.0 Å². The zero-order valence-corrected chi connectivity index (χ0v) is 7.06.